The summed E-state index contributed by atoms with van der Waals surface area (Å²) in [5.41, 5.74) is 3.39. The molecular formula is C23H20FNO2. The number of rotatable bonds is 5. The molecule has 0 saturated heterocycles. The Morgan fingerprint density at radius 3 is 2.59 bits per heavy atom. The van der Waals surface area contributed by atoms with E-state index < -0.39 is 0 Å². The van der Waals surface area contributed by atoms with Crippen LogP contribution in [0.5, 0.6) is 5.75 Å². The van der Waals surface area contributed by atoms with Crippen LogP contribution in [0.4, 0.5) is 4.39 Å². The molecule has 4 rings (SSSR count). The standard InChI is InChI=1S/C23H20FNO2/c1-27-22-11-10-17(13-20(22)15-6-3-2-4-7-15)23(26)25-21-14-19(21)16-8-5-9-18(24)12-16/h2-13,19,21H,14H2,1H3,(H,25,26)/t19-,21-/m0/s1. The number of ether oxygens (including phenoxy) is 1. The van der Waals surface area contributed by atoms with Crippen LogP contribution < -0.4 is 10.1 Å². The summed E-state index contributed by atoms with van der Waals surface area (Å²) in [4.78, 5) is 12.7. The lowest BCUT2D eigenvalue weighted by atomic mass is 10.0. The predicted octanol–water partition coefficient (Wildman–Crippen LogP) is 4.79. The molecule has 1 aliphatic carbocycles. The summed E-state index contributed by atoms with van der Waals surface area (Å²) in [6.45, 7) is 0. The molecule has 1 amide bonds. The highest BCUT2D eigenvalue weighted by Gasteiger charge is 2.39. The zero-order chi connectivity index (χ0) is 18.8. The van der Waals surface area contributed by atoms with Gasteiger partial charge < -0.3 is 10.1 Å². The number of methoxy groups -OCH3 is 1. The topological polar surface area (TPSA) is 38.3 Å². The normalized spacial score (nSPS) is 18.0. The van der Waals surface area contributed by atoms with E-state index in [1.165, 1.54) is 12.1 Å². The number of amides is 1. The van der Waals surface area contributed by atoms with Gasteiger partial charge in [0.1, 0.15) is 11.6 Å². The molecule has 1 fully saturated rings. The number of benzene rings is 3. The third kappa shape index (κ3) is 3.70. The van der Waals surface area contributed by atoms with E-state index in [4.69, 9.17) is 4.74 Å². The molecule has 27 heavy (non-hydrogen) atoms. The first-order chi connectivity index (χ1) is 13.2. The maximum Gasteiger partial charge on any atom is 0.251 e. The third-order valence-electron chi connectivity index (χ3n) is 4.93. The minimum atomic E-state index is -0.243. The van der Waals surface area contributed by atoms with Gasteiger partial charge in [-0.15, -0.1) is 0 Å². The summed E-state index contributed by atoms with van der Waals surface area (Å²) in [6.07, 6.45) is 0.830. The van der Waals surface area contributed by atoms with Gasteiger partial charge in [-0.1, -0.05) is 42.5 Å². The lowest BCUT2D eigenvalue weighted by Gasteiger charge is -2.11. The molecule has 0 unspecified atom stereocenters. The molecule has 0 aromatic heterocycles. The molecular weight excluding hydrogens is 341 g/mol. The predicted molar refractivity (Wildman–Crippen MR) is 103 cm³/mol. The quantitative estimate of drug-likeness (QED) is 0.710. The highest BCUT2D eigenvalue weighted by atomic mass is 19.1. The van der Waals surface area contributed by atoms with Gasteiger partial charge >= 0.3 is 0 Å². The van der Waals surface area contributed by atoms with Crippen molar-refractivity contribution in [3.8, 4) is 16.9 Å². The second-order valence-corrected chi connectivity index (χ2v) is 6.76. The lowest BCUT2D eigenvalue weighted by Crippen LogP contribution is -2.26. The van der Waals surface area contributed by atoms with Crippen molar-refractivity contribution in [3.63, 3.8) is 0 Å². The molecule has 0 radical (unpaired) electrons. The number of hydrogen-bond acceptors (Lipinski definition) is 2. The minimum Gasteiger partial charge on any atom is -0.496 e. The smallest absolute Gasteiger partial charge is 0.251 e. The van der Waals surface area contributed by atoms with Gasteiger partial charge in [-0.3, -0.25) is 4.79 Å². The average Bonchev–Trinajstić information content (AvgIpc) is 3.47. The van der Waals surface area contributed by atoms with Crippen molar-refractivity contribution >= 4 is 5.91 Å². The van der Waals surface area contributed by atoms with Crippen LogP contribution in [0.3, 0.4) is 0 Å². The highest BCUT2D eigenvalue weighted by Crippen LogP contribution is 2.41. The van der Waals surface area contributed by atoms with Gasteiger partial charge in [0.25, 0.3) is 5.91 Å². The number of nitrogens with one attached hydrogen (secondary N) is 1. The van der Waals surface area contributed by atoms with Gasteiger partial charge in [-0.25, -0.2) is 4.39 Å². The summed E-state index contributed by atoms with van der Waals surface area (Å²) < 4.78 is 18.8. The van der Waals surface area contributed by atoms with Gasteiger partial charge in [0.2, 0.25) is 0 Å². The monoisotopic (exact) mass is 361 g/mol. The van der Waals surface area contributed by atoms with Gasteiger partial charge in [0.15, 0.2) is 0 Å². The number of hydrogen-bond donors (Lipinski definition) is 1. The van der Waals surface area contributed by atoms with Crippen molar-refractivity contribution < 1.29 is 13.9 Å². The molecule has 1 aliphatic rings. The van der Waals surface area contributed by atoms with Crippen LogP contribution in [0, 0.1) is 5.82 Å². The Labute approximate surface area is 157 Å². The molecule has 3 aromatic rings. The highest BCUT2D eigenvalue weighted by molar-refractivity contribution is 5.96. The van der Waals surface area contributed by atoms with Gasteiger partial charge in [-0.2, -0.15) is 0 Å². The zero-order valence-corrected chi connectivity index (χ0v) is 15.0. The van der Waals surface area contributed by atoms with Crippen molar-refractivity contribution in [3.05, 3.63) is 89.7 Å². The van der Waals surface area contributed by atoms with Crippen LogP contribution >= 0.6 is 0 Å². The SMILES string of the molecule is COc1ccc(C(=O)N[C@H]2C[C@H]2c2cccc(F)c2)cc1-c1ccccc1. The third-order valence-corrected chi connectivity index (χ3v) is 4.93. The van der Waals surface area contributed by atoms with E-state index in [1.54, 1.807) is 19.2 Å². The molecule has 2 atom stereocenters. The Morgan fingerprint density at radius 1 is 1.04 bits per heavy atom. The van der Waals surface area contributed by atoms with Gasteiger partial charge in [0, 0.05) is 23.1 Å². The Balaban J connectivity index is 1.51. The van der Waals surface area contributed by atoms with Crippen molar-refractivity contribution in [2.75, 3.05) is 7.11 Å². The lowest BCUT2D eigenvalue weighted by molar-refractivity contribution is 0.0950. The van der Waals surface area contributed by atoms with E-state index >= 15 is 0 Å². The van der Waals surface area contributed by atoms with Crippen molar-refractivity contribution in [2.45, 2.75) is 18.4 Å². The Kier molecular flexibility index (Phi) is 4.63. The van der Waals surface area contributed by atoms with Crippen LogP contribution in [0.2, 0.25) is 0 Å². The van der Waals surface area contributed by atoms with E-state index in [1.807, 2.05) is 48.5 Å². The summed E-state index contributed by atoms with van der Waals surface area (Å²) >= 11 is 0. The van der Waals surface area contributed by atoms with E-state index in [9.17, 15) is 9.18 Å². The van der Waals surface area contributed by atoms with Crippen LogP contribution in [0.15, 0.2) is 72.8 Å². The molecule has 1 saturated carbocycles. The molecule has 0 spiro atoms. The fraction of sp³-hybridized carbons (Fsp3) is 0.174. The molecule has 0 heterocycles. The molecule has 0 aliphatic heterocycles. The Bertz CT molecular complexity index is 971. The summed E-state index contributed by atoms with van der Waals surface area (Å²) in [7, 11) is 1.62. The van der Waals surface area contributed by atoms with Crippen LogP contribution in [-0.4, -0.2) is 19.1 Å². The summed E-state index contributed by atoms with van der Waals surface area (Å²) in [6, 6.07) is 21.9. The number of carbonyl (C=O) groups is 1. The zero-order valence-electron chi connectivity index (χ0n) is 15.0. The van der Waals surface area contributed by atoms with E-state index in [2.05, 4.69) is 5.32 Å². The van der Waals surface area contributed by atoms with Crippen molar-refractivity contribution in [1.82, 2.24) is 5.32 Å². The Hall–Kier alpha value is -3.14. The number of halogens is 1. The molecule has 3 aromatic carbocycles. The first kappa shape index (κ1) is 17.3. The average molecular weight is 361 g/mol. The first-order valence-corrected chi connectivity index (χ1v) is 8.95. The number of carbonyl (C=O) groups excluding carboxylic acids is 1. The molecule has 136 valence electrons. The van der Waals surface area contributed by atoms with Crippen molar-refractivity contribution in [1.29, 1.82) is 0 Å². The second-order valence-electron chi connectivity index (χ2n) is 6.76. The van der Waals surface area contributed by atoms with E-state index in [-0.39, 0.29) is 23.7 Å². The van der Waals surface area contributed by atoms with E-state index in [0.29, 0.717) is 5.56 Å². The van der Waals surface area contributed by atoms with Crippen LogP contribution in [0.25, 0.3) is 11.1 Å². The maximum absolute atomic E-state index is 13.4. The summed E-state index contributed by atoms with van der Waals surface area (Å²) in [5.74, 6) is 0.532. The minimum absolute atomic E-state index is 0.0431. The first-order valence-electron chi connectivity index (χ1n) is 8.95. The van der Waals surface area contributed by atoms with Gasteiger partial charge in [0.05, 0.1) is 7.11 Å². The van der Waals surface area contributed by atoms with Crippen LogP contribution in [-0.2, 0) is 0 Å². The molecule has 4 heteroatoms. The summed E-state index contributed by atoms with van der Waals surface area (Å²) in [5, 5.41) is 3.05. The fourth-order valence-electron chi connectivity index (χ4n) is 3.40. The fourth-order valence-corrected chi connectivity index (χ4v) is 3.40. The van der Waals surface area contributed by atoms with Gasteiger partial charge in [-0.05, 0) is 47.9 Å². The van der Waals surface area contributed by atoms with Crippen LogP contribution in [0.1, 0.15) is 28.3 Å². The Morgan fingerprint density at radius 2 is 1.85 bits per heavy atom. The molecule has 1 N–H and O–H groups in total. The maximum atomic E-state index is 13.4. The van der Waals surface area contributed by atoms with Crippen molar-refractivity contribution in [2.24, 2.45) is 0 Å². The molecule has 0 bridgehead atoms. The van der Waals surface area contributed by atoms with E-state index in [0.717, 1.165) is 28.9 Å². The second kappa shape index (κ2) is 7.23. The molecule has 3 nitrogen and oxygen atoms in total. The largest absolute Gasteiger partial charge is 0.496 e.